The molecule has 3 aromatic rings. The number of nitriles is 1. The quantitative estimate of drug-likeness (QED) is 0.386. The van der Waals surface area contributed by atoms with Crippen molar-refractivity contribution in [2.24, 2.45) is 0 Å². The predicted octanol–water partition coefficient (Wildman–Crippen LogP) is 6.08. The van der Waals surface area contributed by atoms with Gasteiger partial charge in [0, 0.05) is 11.3 Å². The molecule has 0 aliphatic carbocycles. The summed E-state index contributed by atoms with van der Waals surface area (Å²) in [6, 6.07) is 23.6. The fourth-order valence-electron chi connectivity index (χ4n) is 2.60. The highest BCUT2D eigenvalue weighted by Crippen LogP contribution is 2.26. The minimum absolute atomic E-state index is 0.196. The van der Waals surface area contributed by atoms with Gasteiger partial charge in [-0.15, -0.1) is 0 Å². The van der Waals surface area contributed by atoms with Crippen molar-refractivity contribution in [1.29, 1.82) is 5.26 Å². The highest BCUT2D eigenvalue weighted by molar-refractivity contribution is 6.42. The summed E-state index contributed by atoms with van der Waals surface area (Å²) in [6.45, 7) is -0.196. The number of anilines is 1. The fraction of sp³-hybridized carbons (Fsp3) is 0.0435. The monoisotopic (exact) mass is 422 g/mol. The van der Waals surface area contributed by atoms with E-state index in [1.165, 1.54) is 0 Å². The maximum absolute atomic E-state index is 12.2. The van der Waals surface area contributed by atoms with Gasteiger partial charge in [-0.3, -0.25) is 4.79 Å². The number of para-hydroxylation sites is 1. The van der Waals surface area contributed by atoms with Crippen LogP contribution in [0.2, 0.25) is 10.0 Å². The molecule has 6 heteroatoms. The van der Waals surface area contributed by atoms with Crippen LogP contribution < -0.4 is 10.1 Å². The van der Waals surface area contributed by atoms with E-state index in [2.05, 4.69) is 11.4 Å². The minimum Gasteiger partial charge on any atom is -0.483 e. The Hall–Kier alpha value is -3.26. The van der Waals surface area contributed by atoms with Gasteiger partial charge in [0.1, 0.15) is 5.75 Å². The van der Waals surface area contributed by atoms with Crippen molar-refractivity contribution in [3.63, 3.8) is 0 Å². The molecule has 0 bridgehead atoms. The third-order valence-electron chi connectivity index (χ3n) is 3.99. The van der Waals surface area contributed by atoms with Gasteiger partial charge in [-0.1, -0.05) is 71.7 Å². The van der Waals surface area contributed by atoms with E-state index >= 15 is 0 Å². The standard InChI is InChI=1S/C23H16Cl2N2O2/c24-20-11-10-19(13-21(20)25)27-23(28)15-29-22-9-5-4-8-17(22)12-18(14-26)16-6-2-1-3-7-16/h1-13H,15H2,(H,27,28). The van der Waals surface area contributed by atoms with E-state index in [0.29, 0.717) is 32.6 Å². The number of amides is 1. The topological polar surface area (TPSA) is 62.1 Å². The zero-order valence-electron chi connectivity index (χ0n) is 15.2. The van der Waals surface area contributed by atoms with E-state index in [1.807, 2.05) is 42.5 Å². The van der Waals surface area contributed by atoms with Crippen molar-refractivity contribution in [3.8, 4) is 11.8 Å². The van der Waals surface area contributed by atoms with E-state index in [1.54, 1.807) is 36.4 Å². The maximum Gasteiger partial charge on any atom is 0.262 e. The predicted molar refractivity (Wildman–Crippen MR) is 117 cm³/mol. The molecule has 1 amide bonds. The van der Waals surface area contributed by atoms with Crippen LogP contribution in [0, 0.1) is 11.3 Å². The van der Waals surface area contributed by atoms with Gasteiger partial charge in [0.2, 0.25) is 0 Å². The number of nitrogens with zero attached hydrogens (tertiary/aromatic N) is 1. The molecule has 3 rings (SSSR count). The molecular weight excluding hydrogens is 407 g/mol. The second-order valence-electron chi connectivity index (χ2n) is 6.04. The van der Waals surface area contributed by atoms with Crippen LogP contribution in [0.5, 0.6) is 5.75 Å². The Bertz CT molecular complexity index is 1090. The fourth-order valence-corrected chi connectivity index (χ4v) is 2.90. The molecule has 3 aromatic carbocycles. The van der Waals surface area contributed by atoms with Crippen LogP contribution in [0.1, 0.15) is 11.1 Å². The summed E-state index contributed by atoms with van der Waals surface area (Å²) in [5.41, 5.74) is 2.54. The molecule has 0 aliphatic rings. The molecule has 0 aliphatic heterocycles. The summed E-state index contributed by atoms with van der Waals surface area (Å²) >= 11 is 11.8. The van der Waals surface area contributed by atoms with Crippen molar-refractivity contribution in [3.05, 3.63) is 94.0 Å². The van der Waals surface area contributed by atoms with E-state index in [-0.39, 0.29) is 12.5 Å². The van der Waals surface area contributed by atoms with Gasteiger partial charge < -0.3 is 10.1 Å². The van der Waals surface area contributed by atoms with E-state index < -0.39 is 0 Å². The molecule has 0 saturated heterocycles. The van der Waals surface area contributed by atoms with E-state index in [4.69, 9.17) is 27.9 Å². The first-order valence-corrected chi connectivity index (χ1v) is 9.46. The molecule has 1 N–H and O–H groups in total. The van der Waals surface area contributed by atoms with Crippen molar-refractivity contribution in [2.45, 2.75) is 0 Å². The zero-order valence-corrected chi connectivity index (χ0v) is 16.7. The third-order valence-corrected chi connectivity index (χ3v) is 4.73. The molecule has 0 heterocycles. The number of hydrogen-bond acceptors (Lipinski definition) is 3. The van der Waals surface area contributed by atoms with Gasteiger partial charge in [0.25, 0.3) is 5.91 Å². The molecule has 0 radical (unpaired) electrons. The summed E-state index contributed by atoms with van der Waals surface area (Å²) in [5.74, 6) is 0.159. The first-order chi connectivity index (χ1) is 14.1. The molecule has 0 spiro atoms. The molecule has 4 nitrogen and oxygen atoms in total. The van der Waals surface area contributed by atoms with Crippen molar-refractivity contribution < 1.29 is 9.53 Å². The second-order valence-corrected chi connectivity index (χ2v) is 6.85. The van der Waals surface area contributed by atoms with Crippen molar-refractivity contribution in [1.82, 2.24) is 0 Å². The average molecular weight is 423 g/mol. The Morgan fingerprint density at radius 3 is 2.45 bits per heavy atom. The number of carbonyl (C=O) groups is 1. The van der Waals surface area contributed by atoms with Crippen LogP contribution in [-0.4, -0.2) is 12.5 Å². The zero-order chi connectivity index (χ0) is 20.6. The summed E-state index contributed by atoms with van der Waals surface area (Å²) < 4.78 is 5.68. The van der Waals surface area contributed by atoms with Gasteiger partial charge in [-0.05, 0) is 35.9 Å². The maximum atomic E-state index is 12.2. The molecule has 0 unspecified atom stereocenters. The van der Waals surface area contributed by atoms with Gasteiger partial charge in [-0.25, -0.2) is 0 Å². The van der Waals surface area contributed by atoms with E-state index in [9.17, 15) is 10.1 Å². The van der Waals surface area contributed by atoms with Crippen LogP contribution in [-0.2, 0) is 4.79 Å². The molecule has 29 heavy (non-hydrogen) atoms. The Morgan fingerprint density at radius 1 is 1.00 bits per heavy atom. The number of hydrogen-bond donors (Lipinski definition) is 1. The highest BCUT2D eigenvalue weighted by atomic mass is 35.5. The van der Waals surface area contributed by atoms with Crippen molar-refractivity contribution in [2.75, 3.05) is 11.9 Å². The van der Waals surface area contributed by atoms with Crippen molar-refractivity contribution >= 4 is 46.4 Å². The third kappa shape index (κ3) is 5.61. The smallest absolute Gasteiger partial charge is 0.262 e. The van der Waals surface area contributed by atoms with Crippen LogP contribution in [0.3, 0.4) is 0 Å². The lowest BCUT2D eigenvalue weighted by Crippen LogP contribution is -2.20. The van der Waals surface area contributed by atoms with Gasteiger partial charge in [0.15, 0.2) is 6.61 Å². The Labute approximate surface area is 179 Å². The first-order valence-electron chi connectivity index (χ1n) is 8.71. The Kier molecular flexibility index (Phi) is 6.91. The normalized spacial score (nSPS) is 10.9. The average Bonchev–Trinajstić information content (AvgIpc) is 2.74. The highest BCUT2D eigenvalue weighted by Gasteiger charge is 2.09. The Morgan fingerprint density at radius 2 is 1.72 bits per heavy atom. The summed E-state index contributed by atoms with van der Waals surface area (Å²) in [7, 11) is 0. The summed E-state index contributed by atoms with van der Waals surface area (Å²) in [5, 5.41) is 13.0. The molecule has 0 saturated carbocycles. The number of allylic oxidation sites excluding steroid dienone is 1. The summed E-state index contributed by atoms with van der Waals surface area (Å²) in [4.78, 5) is 12.2. The van der Waals surface area contributed by atoms with Gasteiger partial charge in [0.05, 0.1) is 21.7 Å². The molecule has 0 aromatic heterocycles. The Balaban J connectivity index is 1.72. The number of rotatable bonds is 6. The van der Waals surface area contributed by atoms with Gasteiger partial charge >= 0.3 is 0 Å². The first kappa shape index (κ1) is 20.5. The lowest BCUT2D eigenvalue weighted by atomic mass is 10.0. The summed E-state index contributed by atoms with van der Waals surface area (Å²) in [6.07, 6.45) is 1.74. The minimum atomic E-state index is -0.342. The SMILES string of the molecule is N#CC(=Cc1ccccc1OCC(=O)Nc1ccc(Cl)c(Cl)c1)c1ccccc1. The van der Waals surface area contributed by atoms with E-state index in [0.717, 1.165) is 5.56 Å². The lowest BCUT2D eigenvalue weighted by Gasteiger charge is -2.10. The second kappa shape index (κ2) is 9.79. The molecule has 0 fully saturated rings. The molecule has 0 atom stereocenters. The molecule has 144 valence electrons. The number of nitrogens with one attached hydrogen (secondary N) is 1. The largest absolute Gasteiger partial charge is 0.483 e. The molecular formula is C23H16Cl2N2O2. The van der Waals surface area contributed by atoms with Crippen LogP contribution >= 0.6 is 23.2 Å². The number of halogens is 2. The van der Waals surface area contributed by atoms with Crippen LogP contribution in [0.15, 0.2) is 72.8 Å². The van der Waals surface area contributed by atoms with Gasteiger partial charge in [-0.2, -0.15) is 5.26 Å². The van der Waals surface area contributed by atoms with Crippen LogP contribution in [0.4, 0.5) is 5.69 Å². The number of benzene rings is 3. The number of ether oxygens (including phenoxy) is 1. The number of carbonyl (C=O) groups excluding carboxylic acids is 1. The lowest BCUT2D eigenvalue weighted by molar-refractivity contribution is -0.118. The van der Waals surface area contributed by atoms with Crippen LogP contribution in [0.25, 0.3) is 11.6 Å².